The Balaban J connectivity index is 2.53. The zero-order valence-corrected chi connectivity index (χ0v) is 16.3. The average molecular weight is 368 g/mol. The van der Waals surface area contributed by atoms with E-state index in [4.69, 9.17) is 10.5 Å². The zero-order chi connectivity index (χ0) is 19.4. The number of nitrogens with two attached hydrogens (primary N) is 1. The van der Waals surface area contributed by atoms with E-state index in [1.165, 1.54) is 12.8 Å². The summed E-state index contributed by atoms with van der Waals surface area (Å²) in [6.07, 6.45) is 14.8. The Morgan fingerprint density at radius 2 is 2.00 bits per heavy atom. The Kier molecular flexibility index (Phi) is 11.5. The topological polar surface area (TPSA) is 92.8 Å². The predicted molar refractivity (Wildman–Crippen MR) is 104 cm³/mol. The summed E-state index contributed by atoms with van der Waals surface area (Å²) in [5.74, 6) is -0.310. The van der Waals surface area contributed by atoms with Crippen LogP contribution in [0, 0.1) is 11.8 Å². The van der Waals surface area contributed by atoms with Gasteiger partial charge in [0.25, 0.3) is 0 Å². The van der Waals surface area contributed by atoms with Crippen LogP contribution in [-0.4, -0.2) is 41.5 Å². The molecule has 0 aromatic carbocycles. The largest absolute Gasteiger partial charge is 0.393 e. The third kappa shape index (κ3) is 8.47. The molecule has 1 aliphatic carbocycles. The molecule has 0 unspecified atom stereocenters. The lowest BCUT2D eigenvalue weighted by molar-refractivity contribution is -0.118. The number of ether oxygens (including phenoxy) is 1. The van der Waals surface area contributed by atoms with Crippen LogP contribution in [0.2, 0.25) is 0 Å². The number of aliphatic hydroxyl groups is 2. The van der Waals surface area contributed by atoms with Gasteiger partial charge in [0.1, 0.15) is 0 Å². The van der Waals surface area contributed by atoms with Crippen molar-refractivity contribution in [3.05, 3.63) is 24.3 Å². The van der Waals surface area contributed by atoms with E-state index in [9.17, 15) is 15.0 Å². The summed E-state index contributed by atoms with van der Waals surface area (Å²) < 4.78 is 5.52. The number of amides is 1. The van der Waals surface area contributed by atoms with Crippen molar-refractivity contribution in [2.45, 2.75) is 83.0 Å². The van der Waals surface area contributed by atoms with Crippen molar-refractivity contribution in [1.29, 1.82) is 0 Å². The van der Waals surface area contributed by atoms with Gasteiger partial charge in [-0.3, -0.25) is 4.79 Å². The number of hydrogen-bond acceptors (Lipinski definition) is 4. The number of hydrogen-bond donors (Lipinski definition) is 3. The summed E-state index contributed by atoms with van der Waals surface area (Å²) >= 11 is 0. The molecule has 1 rings (SSSR count). The molecule has 4 N–H and O–H groups in total. The first-order chi connectivity index (χ1) is 12.5. The fourth-order valence-corrected chi connectivity index (χ4v) is 3.61. The van der Waals surface area contributed by atoms with Crippen molar-refractivity contribution < 1.29 is 19.7 Å². The molecule has 0 radical (unpaired) electrons. The van der Waals surface area contributed by atoms with Crippen molar-refractivity contribution in [3.63, 3.8) is 0 Å². The van der Waals surface area contributed by atoms with Crippen LogP contribution in [0.25, 0.3) is 0 Å². The van der Waals surface area contributed by atoms with E-state index in [1.807, 2.05) is 24.3 Å². The molecule has 150 valence electrons. The highest BCUT2D eigenvalue weighted by molar-refractivity contribution is 5.73. The minimum Gasteiger partial charge on any atom is -0.393 e. The molecule has 5 nitrogen and oxygen atoms in total. The molecule has 1 fully saturated rings. The third-order valence-electron chi connectivity index (χ3n) is 5.23. The smallest absolute Gasteiger partial charge is 0.217 e. The number of unbranched alkanes of at least 4 members (excludes halogenated alkanes) is 3. The molecule has 0 aromatic heterocycles. The minimum absolute atomic E-state index is 0.0155. The van der Waals surface area contributed by atoms with E-state index in [0.717, 1.165) is 32.1 Å². The molecule has 0 spiro atoms. The summed E-state index contributed by atoms with van der Waals surface area (Å²) in [6.45, 7) is 2.18. The second kappa shape index (κ2) is 13.1. The van der Waals surface area contributed by atoms with Gasteiger partial charge in [-0.05, 0) is 31.6 Å². The molecular weight excluding hydrogens is 330 g/mol. The highest BCUT2D eigenvalue weighted by Gasteiger charge is 2.39. The SMILES string of the molecule is CCCCC[C@@H](/C=C/[C@@H]1[C@@H](C/C=C\CCCC(N)=O)[C@@H](O)C[C@H]1O)OC. The second-order valence-electron chi connectivity index (χ2n) is 7.33. The van der Waals surface area contributed by atoms with Crippen LogP contribution in [0.15, 0.2) is 24.3 Å². The molecule has 1 saturated carbocycles. The van der Waals surface area contributed by atoms with Gasteiger partial charge >= 0.3 is 0 Å². The first-order valence-corrected chi connectivity index (χ1v) is 10.00. The first kappa shape index (κ1) is 22.9. The fraction of sp³-hybridized carbons (Fsp3) is 0.762. The molecule has 26 heavy (non-hydrogen) atoms. The normalized spacial score (nSPS) is 27.5. The summed E-state index contributed by atoms with van der Waals surface area (Å²) in [5, 5.41) is 20.6. The fourth-order valence-electron chi connectivity index (χ4n) is 3.61. The van der Waals surface area contributed by atoms with E-state index >= 15 is 0 Å². The lowest BCUT2D eigenvalue weighted by Crippen LogP contribution is -2.20. The molecule has 0 aliphatic heterocycles. The highest BCUT2D eigenvalue weighted by Crippen LogP contribution is 2.36. The van der Waals surface area contributed by atoms with Gasteiger partial charge in [-0.25, -0.2) is 0 Å². The maximum atomic E-state index is 10.7. The van der Waals surface area contributed by atoms with Crippen LogP contribution in [0.4, 0.5) is 0 Å². The number of primary amides is 1. The van der Waals surface area contributed by atoms with Gasteiger partial charge < -0.3 is 20.7 Å². The van der Waals surface area contributed by atoms with Gasteiger partial charge in [0, 0.05) is 25.9 Å². The monoisotopic (exact) mass is 367 g/mol. The molecule has 0 bridgehead atoms. The van der Waals surface area contributed by atoms with Crippen molar-refractivity contribution in [3.8, 4) is 0 Å². The minimum atomic E-state index is -0.511. The first-order valence-electron chi connectivity index (χ1n) is 10.00. The number of methoxy groups -OCH3 is 1. The van der Waals surface area contributed by atoms with Gasteiger partial charge in [-0.2, -0.15) is 0 Å². The molecule has 0 aromatic rings. The quantitative estimate of drug-likeness (QED) is 0.344. The van der Waals surface area contributed by atoms with E-state index < -0.39 is 12.2 Å². The van der Waals surface area contributed by atoms with Gasteiger partial charge in [0.05, 0.1) is 18.3 Å². The summed E-state index contributed by atoms with van der Waals surface area (Å²) in [7, 11) is 1.72. The van der Waals surface area contributed by atoms with Crippen LogP contribution in [0.1, 0.15) is 64.7 Å². The molecule has 1 amide bonds. The van der Waals surface area contributed by atoms with Crippen molar-refractivity contribution in [1.82, 2.24) is 0 Å². The maximum absolute atomic E-state index is 10.7. The van der Waals surface area contributed by atoms with Crippen molar-refractivity contribution >= 4 is 5.91 Å². The lowest BCUT2D eigenvalue weighted by Gasteiger charge is -2.20. The number of aliphatic hydroxyl groups excluding tert-OH is 2. The highest BCUT2D eigenvalue weighted by atomic mass is 16.5. The Morgan fingerprint density at radius 3 is 2.65 bits per heavy atom. The molecular formula is C21H37NO4. The standard InChI is InChI=1S/C21H37NO4/c1-3-4-7-10-16(26-2)13-14-18-17(19(23)15-20(18)24)11-8-5-6-9-12-21(22)25/h5,8,13-14,16-20,23-24H,3-4,6-7,9-12,15H2,1-2H3,(H2,22,25)/b8-5-,14-13+/t16-,17+,18+,19-,20+/m0/s1. The molecule has 5 atom stereocenters. The van der Waals surface area contributed by atoms with Crippen molar-refractivity contribution in [2.75, 3.05) is 7.11 Å². The van der Waals surface area contributed by atoms with Gasteiger partial charge in [0.2, 0.25) is 5.91 Å². The van der Waals surface area contributed by atoms with E-state index in [2.05, 4.69) is 6.92 Å². The summed E-state index contributed by atoms with van der Waals surface area (Å²) in [5.41, 5.74) is 5.12. The number of carbonyl (C=O) groups excluding carboxylic acids is 1. The Bertz CT molecular complexity index is 449. The summed E-state index contributed by atoms with van der Waals surface area (Å²) in [6, 6.07) is 0. The van der Waals surface area contributed by atoms with Gasteiger partial charge in [0.15, 0.2) is 0 Å². The van der Waals surface area contributed by atoms with Crippen LogP contribution < -0.4 is 5.73 Å². The Hall–Kier alpha value is -1.17. The van der Waals surface area contributed by atoms with Crippen molar-refractivity contribution in [2.24, 2.45) is 17.6 Å². The molecule has 5 heteroatoms. The van der Waals surface area contributed by atoms with E-state index in [0.29, 0.717) is 12.8 Å². The molecule has 0 saturated heterocycles. The zero-order valence-electron chi connectivity index (χ0n) is 16.3. The van der Waals surface area contributed by atoms with Gasteiger partial charge in [-0.15, -0.1) is 0 Å². The van der Waals surface area contributed by atoms with E-state index in [-0.39, 0.29) is 23.8 Å². The third-order valence-corrected chi connectivity index (χ3v) is 5.23. The average Bonchev–Trinajstić information content (AvgIpc) is 2.87. The number of rotatable bonds is 13. The Labute approximate surface area is 158 Å². The lowest BCUT2D eigenvalue weighted by atomic mass is 9.89. The van der Waals surface area contributed by atoms with Crippen LogP contribution >= 0.6 is 0 Å². The van der Waals surface area contributed by atoms with Crippen LogP contribution in [0.3, 0.4) is 0 Å². The Morgan fingerprint density at radius 1 is 1.23 bits per heavy atom. The van der Waals surface area contributed by atoms with Gasteiger partial charge in [-0.1, -0.05) is 50.5 Å². The summed E-state index contributed by atoms with van der Waals surface area (Å²) in [4.78, 5) is 10.7. The maximum Gasteiger partial charge on any atom is 0.217 e. The molecule has 1 aliphatic rings. The predicted octanol–water partition coefficient (Wildman–Crippen LogP) is 3.10. The molecule has 0 heterocycles. The van der Waals surface area contributed by atoms with Crippen LogP contribution in [0.5, 0.6) is 0 Å². The van der Waals surface area contributed by atoms with E-state index in [1.54, 1.807) is 7.11 Å². The number of allylic oxidation sites excluding steroid dienone is 2. The second-order valence-corrected chi connectivity index (χ2v) is 7.33. The number of carbonyl (C=O) groups is 1. The van der Waals surface area contributed by atoms with Crippen LogP contribution in [-0.2, 0) is 9.53 Å².